The van der Waals surface area contributed by atoms with Crippen molar-refractivity contribution in [2.45, 2.75) is 11.9 Å². The van der Waals surface area contributed by atoms with Gasteiger partial charge >= 0.3 is 0 Å². The minimum atomic E-state index is -3.49. The van der Waals surface area contributed by atoms with Gasteiger partial charge in [0.2, 0.25) is 5.03 Å². The molecule has 6 nitrogen and oxygen atoms in total. The number of aryl methyl sites for hydroxylation is 1. The standard InChI is InChI=1S/C11H14N4O2S/c1-7-5-3-4-6-8(7)15-10(13)9(12)11(14-15)18(2,16)17/h3-6H,12-13H2,1-2H3. The molecule has 2 aromatic rings. The highest BCUT2D eigenvalue weighted by atomic mass is 32.2. The molecule has 0 saturated heterocycles. The predicted octanol–water partition coefficient (Wildman–Crippen LogP) is 0.749. The summed E-state index contributed by atoms with van der Waals surface area (Å²) in [6.45, 7) is 1.88. The molecule has 0 unspecified atom stereocenters. The third-order valence-corrected chi connectivity index (χ3v) is 3.62. The smallest absolute Gasteiger partial charge is 0.202 e. The molecule has 2 rings (SSSR count). The zero-order valence-electron chi connectivity index (χ0n) is 10.1. The highest BCUT2D eigenvalue weighted by molar-refractivity contribution is 7.90. The number of hydrogen-bond donors (Lipinski definition) is 2. The van der Waals surface area contributed by atoms with E-state index in [0.717, 1.165) is 11.8 Å². The number of nitrogen functional groups attached to an aromatic ring is 2. The van der Waals surface area contributed by atoms with Crippen molar-refractivity contribution < 1.29 is 8.42 Å². The summed E-state index contributed by atoms with van der Waals surface area (Å²) in [5, 5.41) is 3.80. The Hall–Kier alpha value is -2.02. The van der Waals surface area contributed by atoms with Gasteiger partial charge in [-0.15, -0.1) is 0 Å². The van der Waals surface area contributed by atoms with Gasteiger partial charge in [-0.1, -0.05) is 18.2 Å². The maximum absolute atomic E-state index is 11.5. The van der Waals surface area contributed by atoms with E-state index in [2.05, 4.69) is 5.10 Å². The molecule has 0 aliphatic rings. The molecule has 0 aliphatic carbocycles. The lowest BCUT2D eigenvalue weighted by molar-refractivity contribution is 0.596. The number of sulfone groups is 1. The molecule has 1 aromatic heterocycles. The van der Waals surface area contributed by atoms with Gasteiger partial charge < -0.3 is 11.5 Å². The Kier molecular flexibility index (Phi) is 2.78. The fourth-order valence-electron chi connectivity index (χ4n) is 1.68. The van der Waals surface area contributed by atoms with Crippen LogP contribution in [0, 0.1) is 6.92 Å². The average molecular weight is 266 g/mol. The topological polar surface area (TPSA) is 104 Å². The molecule has 0 saturated carbocycles. The third kappa shape index (κ3) is 1.92. The molecule has 4 N–H and O–H groups in total. The van der Waals surface area contributed by atoms with Gasteiger partial charge in [0.25, 0.3) is 0 Å². The van der Waals surface area contributed by atoms with Crippen molar-refractivity contribution in [1.82, 2.24) is 9.78 Å². The number of nitrogens with two attached hydrogens (primary N) is 2. The first-order valence-corrected chi connectivity index (χ1v) is 7.11. The molecule has 1 aromatic carbocycles. The zero-order valence-corrected chi connectivity index (χ0v) is 10.9. The molecule has 18 heavy (non-hydrogen) atoms. The summed E-state index contributed by atoms with van der Waals surface area (Å²) in [6.07, 6.45) is 1.05. The molecule has 7 heteroatoms. The normalized spacial score (nSPS) is 11.7. The third-order valence-electron chi connectivity index (χ3n) is 2.62. The van der Waals surface area contributed by atoms with Crippen LogP contribution in [0.5, 0.6) is 0 Å². The van der Waals surface area contributed by atoms with E-state index in [1.54, 1.807) is 6.07 Å². The van der Waals surface area contributed by atoms with Crippen LogP contribution in [0.2, 0.25) is 0 Å². The van der Waals surface area contributed by atoms with Crippen molar-refractivity contribution in [1.29, 1.82) is 0 Å². The number of nitrogens with zero attached hydrogens (tertiary/aromatic N) is 2. The monoisotopic (exact) mass is 266 g/mol. The molecule has 0 radical (unpaired) electrons. The maximum Gasteiger partial charge on any atom is 0.202 e. The number of para-hydroxylation sites is 1. The quantitative estimate of drug-likeness (QED) is 0.834. The van der Waals surface area contributed by atoms with Crippen LogP contribution in [-0.4, -0.2) is 24.5 Å². The van der Waals surface area contributed by atoms with E-state index in [0.29, 0.717) is 5.69 Å². The fourth-order valence-corrected chi connectivity index (χ4v) is 2.41. The summed E-state index contributed by atoms with van der Waals surface area (Å²) in [7, 11) is -3.49. The number of anilines is 2. The molecular formula is C11H14N4O2S. The number of benzene rings is 1. The predicted molar refractivity (Wildman–Crippen MR) is 70.2 cm³/mol. The number of rotatable bonds is 2. The molecule has 1 heterocycles. The maximum atomic E-state index is 11.5. The van der Waals surface area contributed by atoms with Crippen molar-refractivity contribution in [2.75, 3.05) is 17.7 Å². The van der Waals surface area contributed by atoms with E-state index in [-0.39, 0.29) is 16.5 Å². The first-order valence-electron chi connectivity index (χ1n) is 5.22. The Morgan fingerprint density at radius 2 is 1.83 bits per heavy atom. The second-order valence-electron chi connectivity index (χ2n) is 4.07. The number of hydrogen-bond acceptors (Lipinski definition) is 5. The average Bonchev–Trinajstić information content (AvgIpc) is 2.57. The Balaban J connectivity index is 2.72. The minimum Gasteiger partial charge on any atom is -0.393 e. The highest BCUT2D eigenvalue weighted by Gasteiger charge is 2.22. The van der Waals surface area contributed by atoms with Crippen LogP contribution in [0.3, 0.4) is 0 Å². The molecule has 0 fully saturated rings. The van der Waals surface area contributed by atoms with Crippen LogP contribution in [0.4, 0.5) is 11.5 Å². The van der Waals surface area contributed by atoms with E-state index in [9.17, 15) is 8.42 Å². The molecule has 0 bridgehead atoms. The molecule has 0 atom stereocenters. The van der Waals surface area contributed by atoms with E-state index in [1.165, 1.54) is 4.68 Å². The molecule has 0 amide bonds. The van der Waals surface area contributed by atoms with Crippen LogP contribution in [0.15, 0.2) is 29.3 Å². The minimum absolute atomic E-state index is 0.0132. The molecular weight excluding hydrogens is 252 g/mol. The molecule has 0 aliphatic heterocycles. The first kappa shape index (κ1) is 12.4. The lowest BCUT2D eigenvalue weighted by Gasteiger charge is -2.06. The summed E-state index contributed by atoms with van der Waals surface area (Å²) in [5.74, 6) is 0.129. The SMILES string of the molecule is Cc1ccccc1-n1nc(S(C)(=O)=O)c(N)c1N. The van der Waals surface area contributed by atoms with E-state index < -0.39 is 9.84 Å². The molecule has 0 spiro atoms. The summed E-state index contributed by atoms with van der Waals surface area (Å²) < 4.78 is 24.4. The van der Waals surface area contributed by atoms with E-state index >= 15 is 0 Å². The van der Waals surface area contributed by atoms with Crippen molar-refractivity contribution in [3.8, 4) is 5.69 Å². The van der Waals surface area contributed by atoms with Crippen molar-refractivity contribution in [3.63, 3.8) is 0 Å². The summed E-state index contributed by atoms with van der Waals surface area (Å²) in [5.41, 5.74) is 13.1. The van der Waals surface area contributed by atoms with Crippen LogP contribution in [-0.2, 0) is 9.84 Å². The summed E-state index contributed by atoms with van der Waals surface area (Å²) in [4.78, 5) is 0. The van der Waals surface area contributed by atoms with Gasteiger partial charge in [0, 0.05) is 6.26 Å². The largest absolute Gasteiger partial charge is 0.393 e. The van der Waals surface area contributed by atoms with Crippen LogP contribution < -0.4 is 11.5 Å². The fraction of sp³-hybridized carbons (Fsp3) is 0.182. The van der Waals surface area contributed by atoms with Crippen molar-refractivity contribution >= 4 is 21.3 Å². The van der Waals surface area contributed by atoms with Gasteiger partial charge in [-0.05, 0) is 18.6 Å². The Bertz CT molecular complexity index is 704. The van der Waals surface area contributed by atoms with Gasteiger partial charge in [0.05, 0.1) is 5.69 Å². The van der Waals surface area contributed by atoms with Crippen LogP contribution in [0.25, 0.3) is 5.69 Å². The van der Waals surface area contributed by atoms with Crippen LogP contribution in [0.1, 0.15) is 5.56 Å². The summed E-state index contributed by atoms with van der Waals surface area (Å²) >= 11 is 0. The Labute approximate surface area is 105 Å². The second-order valence-corrected chi connectivity index (χ2v) is 6.01. The zero-order chi connectivity index (χ0) is 13.5. The van der Waals surface area contributed by atoms with E-state index in [4.69, 9.17) is 11.5 Å². The van der Waals surface area contributed by atoms with Crippen molar-refractivity contribution in [2.24, 2.45) is 0 Å². The lowest BCUT2D eigenvalue weighted by Crippen LogP contribution is -2.04. The number of aromatic nitrogens is 2. The highest BCUT2D eigenvalue weighted by Crippen LogP contribution is 2.27. The van der Waals surface area contributed by atoms with Gasteiger partial charge in [-0.25, -0.2) is 13.1 Å². The Morgan fingerprint density at radius 3 is 2.33 bits per heavy atom. The van der Waals surface area contributed by atoms with Gasteiger partial charge in [0.15, 0.2) is 15.7 Å². The van der Waals surface area contributed by atoms with Gasteiger partial charge in [-0.2, -0.15) is 5.10 Å². The lowest BCUT2D eigenvalue weighted by atomic mass is 10.2. The van der Waals surface area contributed by atoms with Gasteiger partial charge in [0.1, 0.15) is 5.69 Å². The second kappa shape index (κ2) is 4.02. The molecule has 96 valence electrons. The van der Waals surface area contributed by atoms with Crippen LogP contribution >= 0.6 is 0 Å². The first-order chi connectivity index (χ1) is 8.32. The van der Waals surface area contributed by atoms with E-state index in [1.807, 2.05) is 25.1 Å². The van der Waals surface area contributed by atoms with Gasteiger partial charge in [-0.3, -0.25) is 0 Å². The Morgan fingerprint density at radius 1 is 1.22 bits per heavy atom. The summed E-state index contributed by atoms with van der Waals surface area (Å²) in [6, 6.07) is 7.37. The van der Waals surface area contributed by atoms with Crippen molar-refractivity contribution in [3.05, 3.63) is 29.8 Å².